The monoisotopic (exact) mass is 370 g/mol. The van der Waals surface area contributed by atoms with E-state index in [1.165, 1.54) is 32.1 Å². The van der Waals surface area contributed by atoms with Crippen molar-refractivity contribution in [3.8, 4) is 0 Å². The summed E-state index contributed by atoms with van der Waals surface area (Å²) in [7, 11) is 0. The first-order valence-corrected chi connectivity index (χ1v) is 9.24. The Morgan fingerprint density at radius 1 is 1.29 bits per heavy atom. The van der Waals surface area contributed by atoms with Crippen LogP contribution in [0.4, 0.5) is 0 Å². The number of Topliss-reactive ketones (excluding diaryl/α,β-unsaturated/α-hetero) is 1. The van der Waals surface area contributed by atoms with Crippen LogP contribution in [0.3, 0.4) is 0 Å². The van der Waals surface area contributed by atoms with E-state index in [4.69, 9.17) is 11.6 Å². The first kappa shape index (κ1) is 17.0. The third-order valence-corrected chi connectivity index (χ3v) is 5.49. The Bertz CT molecular complexity index is 478. The summed E-state index contributed by atoms with van der Waals surface area (Å²) in [6.45, 7) is 2.25. The molecular weight excluding hydrogens is 348 g/mol. The molecule has 116 valence electrons. The van der Waals surface area contributed by atoms with Gasteiger partial charge in [-0.1, -0.05) is 59.8 Å². The van der Waals surface area contributed by atoms with Gasteiger partial charge >= 0.3 is 0 Å². The highest BCUT2D eigenvalue weighted by Gasteiger charge is 2.26. The Morgan fingerprint density at radius 3 is 2.62 bits per heavy atom. The van der Waals surface area contributed by atoms with E-state index in [2.05, 4.69) is 22.9 Å². The summed E-state index contributed by atoms with van der Waals surface area (Å²) in [4.78, 5) is 12.5. The van der Waals surface area contributed by atoms with Crippen LogP contribution in [0.1, 0.15) is 57.4 Å². The molecule has 0 saturated heterocycles. The van der Waals surface area contributed by atoms with Crippen molar-refractivity contribution < 1.29 is 4.79 Å². The van der Waals surface area contributed by atoms with Gasteiger partial charge in [0.1, 0.15) is 5.78 Å². The van der Waals surface area contributed by atoms with Crippen molar-refractivity contribution in [1.29, 1.82) is 0 Å². The molecule has 1 aromatic carbocycles. The number of hydrogen-bond acceptors (Lipinski definition) is 1. The van der Waals surface area contributed by atoms with Crippen molar-refractivity contribution in [2.75, 3.05) is 0 Å². The number of hydrogen-bond donors (Lipinski definition) is 0. The van der Waals surface area contributed by atoms with Gasteiger partial charge in [-0.25, -0.2) is 0 Å². The topological polar surface area (TPSA) is 17.1 Å². The highest BCUT2D eigenvalue weighted by Crippen LogP contribution is 2.33. The molecule has 0 aromatic heterocycles. The average molecular weight is 372 g/mol. The van der Waals surface area contributed by atoms with Gasteiger partial charge in [0.05, 0.1) is 0 Å². The van der Waals surface area contributed by atoms with Crippen molar-refractivity contribution in [3.05, 3.63) is 33.3 Å². The van der Waals surface area contributed by atoms with Crippen LogP contribution in [0.2, 0.25) is 5.02 Å². The molecule has 1 nitrogen and oxygen atoms in total. The summed E-state index contributed by atoms with van der Waals surface area (Å²) in [5, 5.41) is 0.689. The number of carbonyl (C=O) groups is 1. The summed E-state index contributed by atoms with van der Waals surface area (Å²) in [6.07, 6.45) is 9.03. The molecule has 1 aliphatic carbocycles. The lowest BCUT2D eigenvalue weighted by molar-refractivity contribution is -0.123. The van der Waals surface area contributed by atoms with Crippen LogP contribution in [0.25, 0.3) is 0 Å². The number of halogens is 2. The van der Waals surface area contributed by atoms with E-state index in [9.17, 15) is 4.79 Å². The molecule has 1 fully saturated rings. The maximum absolute atomic E-state index is 12.5. The van der Waals surface area contributed by atoms with Gasteiger partial charge < -0.3 is 0 Å². The van der Waals surface area contributed by atoms with E-state index < -0.39 is 0 Å². The minimum atomic E-state index is 0.252. The zero-order valence-electron chi connectivity index (χ0n) is 12.7. The zero-order valence-corrected chi connectivity index (χ0v) is 15.0. The van der Waals surface area contributed by atoms with Crippen molar-refractivity contribution in [2.45, 2.75) is 58.3 Å². The molecule has 21 heavy (non-hydrogen) atoms. The molecule has 0 amide bonds. The number of carbonyl (C=O) groups excluding carboxylic acids is 1. The SMILES string of the molecule is CCCCC1CCC(C(=O)Cc2ccc(Br)cc2Cl)CC1. The van der Waals surface area contributed by atoms with E-state index in [0.29, 0.717) is 17.2 Å². The lowest BCUT2D eigenvalue weighted by Gasteiger charge is -2.27. The fourth-order valence-electron chi connectivity index (χ4n) is 3.26. The zero-order chi connectivity index (χ0) is 15.2. The Balaban J connectivity index is 1.84. The summed E-state index contributed by atoms with van der Waals surface area (Å²) >= 11 is 9.61. The van der Waals surface area contributed by atoms with E-state index in [0.717, 1.165) is 28.8 Å². The van der Waals surface area contributed by atoms with E-state index in [-0.39, 0.29) is 5.92 Å². The standard InChI is InChI=1S/C18H24BrClO/c1-2-3-4-13-5-7-14(8-6-13)18(21)11-15-9-10-16(19)12-17(15)20/h9-10,12-14H,2-8,11H2,1H3. The van der Waals surface area contributed by atoms with Crippen molar-refractivity contribution in [2.24, 2.45) is 11.8 Å². The quantitative estimate of drug-likeness (QED) is 0.581. The predicted molar refractivity (Wildman–Crippen MR) is 92.8 cm³/mol. The number of ketones is 1. The summed E-state index contributed by atoms with van der Waals surface area (Å²) in [6, 6.07) is 5.78. The second-order valence-electron chi connectivity index (χ2n) is 6.24. The fraction of sp³-hybridized carbons (Fsp3) is 0.611. The molecule has 1 aromatic rings. The molecule has 0 N–H and O–H groups in total. The van der Waals surface area contributed by atoms with Crippen molar-refractivity contribution in [1.82, 2.24) is 0 Å². The Morgan fingerprint density at radius 2 is 2.00 bits per heavy atom. The predicted octanol–water partition coefficient (Wildman–Crippen LogP) is 6.21. The lowest BCUT2D eigenvalue weighted by Crippen LogP contribution is -2.23. The van der Waals surface area contributed by atoms with Crippen LogP contribution in [-0.2, 0) is 11.2 Å². The van der Waals surface area contributed by atoms with Crippen molar-refractivity contribution >= 4 is 33.3 Å². The van der Waals surface area contributed by atoms with Crippen LogP contribution in [0.15, 0.2) is 22.7 Å². The molecular formula is C18H24BrClO. The lowest BCUT2D eigenvalue weighted by atomic mass is 9.77. The largest absolute Gasteiger partial charge is 0.299 e. The molecule has 1 saturated carbocycles. The molecule has 3 heteroatoms. The van der Waals surface area contributed by atoms with Crippen LogP contribution < -0.4 is 0 Å². The first-order chi connectivity index (χ1) is 10.1. The van der Waals surface area contributed by atoms with Gasteiger partial charge in [-0.15, -0.1) is 0 Å². The molecule has 0 aliphatic heterocycles. The molecule has 1 aliphatic rings. The molecule has 2 rings (SSSR count). The van der Waals surface area contributed by atoms with Crippen LogP contribution >= 0.6 is 27.5 Å². The molecule has 0 bridgehead atoms. The molecule has 0 radical (unpaired) electrons. The van der Waals surface area contributed by atoms with Gasteiger partial charge in [0.25, 0.3) is 0 Å². The van der Waals surface area contributed by atoms with E-state index in [1.807, 2.05) is 18.2 Å². The normalized spacial score (nSPS) is 22.2. The van der Waals surface area contributed by atoms with E-state index in [1.54, 1.807) is 0 Å². The minimum absolute atomic E-state index is 0.252. The van der Waals surface area contributed by atoms with Gasteiger partial charge in [-0.05, 0) is 49.3 Å². The summed E-state index contributed by atoms with van der Waals surface area (Å²) in [5.74, 6) is 1.47. The van der Waals surface area contributed by atoms with Gasteiger partial charge in [0, 0.05) is 21.8 Å². The second-order valence-corrected chi connectivity index (χ2v) is 7.56. The third kappa shape index (κ3) is 5.10. The average Bonchev–Trinajstić information content (AvgIpc) is 2.48. The molecule has 0 heterocycles. The third-order valence-electron chi connectivity index (χ3n) is 4.65. The minimum Gasteiger partial charge on any atom is -0.299 e. The van der Waals surface area contributed by atoms with Gasteiger partial charge in [0.15, 0.2) is 0 Å². The molecule has 0 atom stereocenters. The second kappa shape index (κ2) is 8.33. The number of unbranched alkanes of at least 4 members (excludes halogenated alkanes) is 1. The Labute approximate surface area is 141 Å². The molecule has 0 spiro atoms. The fourth-order valence-corrected chi connectivity index (χ4v) is 4.00. The van der Waals surface area contributed by atoms with Crippen LogP contribution in [0, 0.1) is 11.8 Å². The summed E-state index contributed by atoms with van der Waals surface area (Å²) < 4.78 is 0.958. The smallest absolute Gasteiger partial charge is 0.140 e. The van der Waals surface area contributed by atoms with E-state index >= 15 is 0 Å². The highest BCUT2D eigenvalue weighted by molar-refractivity contribution is 9.10. The summed E-state index contributed by atoms with van der Waals surface area (Å²) in [5.41, 5.74) is 0.956. The molecule has 0 unspecified atom stereocenters. The first-order valence-electron chi connectivity index (χ1n) is 8.06. The maximum Gasteiger partial charge on any atom is 0.140 e. The maximum atomic E-state index is 12.5. The van der Waals surface area contributed by atoms with Crippen LogP contribution in [0.5, 0.6) is 0 Å². The van der Waals surface area contributed by atoms with Gasteiger partial charge in [-0.3, -0.25) is 4.79 Å². The highest BCUT2D eigenvalue weighted by atomic mass is 79.9. The van der Waals surface area contributed by atoms with Gasteiger partial charge in [-0.2, -0.15) is 0 Å². The Kier molecular flexibility index (Phi) is 6.75. The van der Waals surface area contributed by atoms with Crippen LogP contribution in [-0.4, -0.2) is 5.78 Å². The van der Waals surface area contributed by atoms with Gasteiger partial charge in [0.2, 0.25) is 0 Å². The number of benzene rings is 1. The number of rotatable bonds is 6. The van der Waals surface area contributed by atoms with Crippen molar-refractivity contribution in [3.63, 3.8) is 0 Å². The Hall–Kier alpha value is -0.340.